The van der Waals surface area contributed by atoms with Gasteiger partial charge >= 0.3 is 6.18 Å². The molecular formula is C22H22F5NO2. The van der Waals surface area contributed by atoms with E-state index in [1.807, 2.05) is 0 Å². The van der Waals surface area contributed by atoms with Crippen molar-refractivity contribution in [1.29, 1.82) is 0 Å². The number of amides is 1. The molecule has 1 aliphatic heterocycles. The van der Waals surface area contributed by atoms with Crippen LogP contribution in [0.5, 0.6) is 0 Å². The van der Waals surface area contributed by atoms with E-state index in [0.717, 1.165) is 0 Å². The number of rotatable bonds is 8. The van der Waals surface area contributed by atoms with Gasteiger partial charge in [0, 0.05) is 26.0 Å². The highest BCUT2D eigenvalue weighted by atomic mass is 19.4. The van der Waals surface area contributed by atoms with Crippen molar-refractivity contribution in [2.24, 2.45) is 0 Å². The number of halogens is 5. The lowest BCUT2D eigenvalue weighted by Gasteiger charge is -2.35. The van der Waals surface area contributed by atoms with Crippen LogP contribution in [-0.2, 0) is 9.53 Å². The molecule has 3 nitrogen and oxygen atoms in total. The third-order valence-corrected chi connectivity index (χ3v) is 5.04. The average Bonchev–Trinajstić information content (AvgIpc) is 3.11. The van der Waals surface area contributed by atoms with Gasteiger partial charge in [0.05, 0.1) is 6.04 Å². The molecule has 0 aromatic heterocycles. The first-order valence-electron chi connectivity index (χ1n) is 9.73. The van der Waals surface area contributed by atoms with E-state index in [-0.39, 0.29) is 18.9 Å². The second-order valence-corrected chi connectivity index (χ2v) is 7.25. The van der Waals surface area contributed by atoms with Crippen molar-refractivity contribution in [2.75, 3.05) is 13.2 Å². The van der Waals surface area contributed by atoms with Crippen LogP contribution in [0.25, 0.3) is 0 Å². The molecule has 0 radical (unpaired) electrons. The topological polar surface area (TPSA) is 29.5 Å². The van der Waals surface area contributed by atoms with E-state index in [1.165, 1.54) is 48.5 Å². The number of carbonyl (C=O) groups is 1. The van der Waals surface area contributed by atoms with Crippen molar-refractivity contribution in [3.63, 3.8) is 0 Å². The summed E-state index contributed by atoms with van der Waals surface area (Å²) in [6, 6.07) is 10.3. The molecule has 3 rings (SSSR count). The number of ether oxygens (including phenoxy) is 1. The third-order valence-electron chi connectivity index (χ3n) is 5.04. The molecule has 1 aliphatic rings. The van der Waals surface area contributed by atoms with Crippen LogP contribution in [0.3, 0.4) is 0 Å². The summed E-state index contributed by atoms with van der Waals surface area (Å²) in [6.45, 7) is 0.256. The molecular weight excluding hydrogens is 405 g/mol. The summed E-state index contributed by atoms with van der Waals surface area (Å²) in [5.74, 6) is -1.03. The summed E-state index contributed by atoms with van der Waals surface area (Å²) in [7, 11) is 0. The predicted molar refractivity (Wildman–Crippen MR) is 100 cm³/mol. The molecule has 30 heavy (non-hydrogen) atoms. The van der Waals surface area contributed by atoms with E-state index in [0.29, 0.717) is 30.5 Å². The van der Waals surface area contributed by atoms with Gasteiger partial charge in [0.1, 0.15) is 17.7 Å². The van der Waals surface area contributed by atoms with Crippen LogP contribution in [0.15, 0.2) is 48.5 Å². The Morgan fingerprint density at radius 1 is 0.933 bits per heavy atom. The average molecular weight is 427 g/mol. The van der Waals surface area contributed by atoms with Gasteiger partial charge in [-0.3, -0.25) is 4.79 Å². The maximum atomic E-state index is 13.5. The smallest absolute Gasteiger partial charge is 0.371 e. The Balaban J connectivity index is 1.93. The number of alkyl halides is 3. The first-order chi connectivity index (χ1) is 14.2. The highest BCUT2D eigenvalue weighted by Gasteiger charge is 2.36. The Morgan fingerprint density at radius 3 is 2.00 bits per heavy atom. The van der Waals surface area contributed by atoms with Gasteiger partial charge < -0.3 is 9.64 Å². The van der Waals surface area contributed by atoms with E-state index >= 15 is 0 Å². The lowest BCUT2D eigenvalue weighted by molar-refractivity contribution is -0.141. The minimum absolute atomic E-state index is 0.115. The summed E-state index contributed by atoms with van der Waals surface area (Å²) in [5.41, 5.74) is 1.12. The molecule has 8 heteroatoms. The van der Waals surface area contributed by atoms with Gasteiger partial charge in [-0.1, -0.05) is 24.3 Å². The molecule has 1 fully saturated rings. The van der Waals surface area contributed by atoms with Gasteiger partial charge in [-0.2, -0.15) is 13.2 Å². The summed E-state index contributed by atoms with van der Waals surface area (Å²) >= 11 is 0. The zero-order valence-corrected chi connectivity index (χ0v) is 16.2. The minimum Gasteiger partial charge on any atom is -0.371 e. The quantitative estimate of drug-likeness (QED) is 0.398. The van der Waals surface area contributed by atoms with Crippen LogP contribution < -0.4 is 0 Å². The monoisotopic (exact) mass is 427 g/mol. The Morgan fingerprint density at radius 2 is 1.50 bits per heavy atom. The second kappa shape index (κ2) is 9.55. The van der Waals surface area contributed by atoms with Crippen LogP contribution in [0.2, 0.25) is 0 Å². The van der Waals surface area contributed by atoms with Gasteiger partial charge in [0.15, 0.2) is 0 Å². The van der Waals surface area contributed by atoms with Crippen molar-refractivity contribution in [3.05, 3.63) is 71.3 Å². The Labute approximate surface area is 171 Å². The van der Waals surface area contributed by atoms with Crippen molar-refractivity contribution in [1.82, 2.24) is 4.90 Å². The van der Waals surface area contributed by atoms with Crippen LogP contribution >= 0.6 is 0 Å². The first kappa shape index (κ1) is 22.2. The van der Waals surface area contributed by atoms with Crippen LogP contribution in [0.4, 0.5) is 22.0 Å². The van der Waals surface area contributed by atoms with E-state index in [1.54, 1.807) is 4.90 Å². The zero-order chi connectivity index (χ0) is 21.7. The zero-order valence-electron chi connectivity index (χ0n) is 16.2. The molecule has 0 saturated carbocycles. The number of nitrogens with zero attached hydrogens (tertiary/aromatic N) is 1. The van der Waals surface area contributed by atoms with Crippen molar-refractivity contribution >= 4 is 5.91 Å². The fraction of sp³-hybridized carbons (Fsp3) is 0.409. The fourth-order valence-corrected chi connectivity index (χ4v) is 3.65. The van der Waals surface area contributed by atoms with Crippen molar-refractivity contribution in [3.8, 4) is 0 Å². The first-order valence-corrected chi connectivity index (χ1v) is 9.73. The lowest BCUT2D eigenvalue weighted by atomic mass is 9.94. The normalized spacial score (nSPS) is 16.7. The third kappa shape index (κ3) is 5.78. The molecule has 162 valence electrons. The summed E-state index contributed by atoms with van der Waals surface area (Å²) < 4.78 is 70.3. The predicted octanol–water partition coefficient (Wildman–Crippen LogP) is 5.73. The number of benzene rings is 2. The number of carbonyl (C=O) groups excluding carboxylic acids is 1. The maximum absolute atomic E-state index is 13.5. The summed E-state index contributed by atoms with van der Waals surface area (Å²) in [4.78, 5) is 14.1. The van der Waals surface area contributed by atoms with Crippen LogP contribution in [0.1, 0.15) is 49.0 Å². The molecule has 1 saturated heterocycles. The SMILES string of the molecule is O=C1CCCN1[C@@H](c1ccc(F)cc1)[C@@H](OCCCC(F)(F)F)c1ccc(F)cc1. The number of hydrogen-bond donors (Lipinski definition) is 0. The van der Waals surface area contributed by atoms with Gasteiger partial charge in [-0.25, -0.2) is 8.78 Å². The minimum atomic E-state index is -4.30. The largest absolute Gasteiger partial charge is 0.389 e. The molecule has 2 aromatic rings. The van der Waals surface area contributed by atoms with Crippen LogP contribution in [0, 0.1) is 11.6 Å². The number of likely N-dealkylation sites (tertiary alicyclic amines) is 1. The summed E-state index contributed by atoms with van der Waals surface area (Å²) in [6.07, 6.45) is -5.37. The summed E-state index contributed by atoms with van der Waals surface area (Å²) in [5, 5.41) is 0. The van der Waals surface area contributed by atoms with E-state index < -0.39 is 36.4 Å². The highest BCUT2D eigenvalue weighted by molar-refractivity contribution is 5.78. The molecule has 0 bridgehead atoms. The van der Waals surface area contributed by atoms with Gasteiger partial charge in [0.25, 0.3) is 0 Å². The second-order valence-electron chi connectivity index (χ2n) is 7.25. The molecule has 1 amide bonds. The van der Waals surface area contributed by atoms with E-state index in [9.17, 15) is 26.7 Å². The molecule has 0 spiro atoms. The standard InChI is InChI=1S/C22H22F5NO2/c23-17-8-4-15(5-9-17)20(28-13-1-3-19(28)29)21(16-6-10-18(24)11-7-16)30-14-2-12-22(25,26)27/h4-11,20-21H,1-3,12-14H2/t20-,21-/m0/s1. The highest BCUT2D eigenvalue weighted by Crippen LogP contribution is 2.39. The molecule has 2 atom stereocenters. The Bertz CT molecular complexity index is 836. The van der Waals surface area contributed by atoms with Gasteiger partial charge in [0.2, 0.25) is 5.91 Å². The molecule has 0 N–H and O–H groups in total. The molecule has 2 aromatic carbocycles. The van der Waals surface area contributed by atoms with Gasteiger partial charge in [-0.15, -0.1) is 0 Å². The maximum Gasteiger partial charge on any atom is 0.389 e. The molecule has 0 unspecified atom stereocenters. The Hall–Kier alpha value is -2.48. The van der Waals surface area contributed by atoms with Crippen molar-refractivity contribution in [2.45, 2.75) is 44.0 Å². The molecule has 0 aliphatic carbocycles. The van der Waals surface area contributed by atoms with Gasteiger partial charge in [-0.05, 0) is 48.2 Å². The lowest BCUT2D eigenvalue weighted by Crippen LogP contribution is -2.35. The fourth-order valence-electron chi connectivity index (χ4n) is 3.65. The van der Waals surface area contributed by atoms with E-state index in [4.69, 9.17) is 4.74 Å². The van der Waals surface area contributed by atoms with Crippen molar-refractivity contribution < 1.29 is 31.5 Å². The Kier molecular flexibility index (Phi) is 7.07. The van der Waals surface area contributed by atoms with E-state index in [2.05, 4.69) is 0 Å². The van der Waals surface area contributed by atoms with Crippen LogP contribution in [-0.4, -0.2) is 30.1 Å². The molecule has 1 heterocycles. The number of hydrogen-bond acceptors (Lipinski definition) is 2.